The van der Waals surface area contributed by atoms with Gasteiger partial charge in [-0.05, 0) is 75.9 Å². The standard InChI is InChI=1S/C32H40N6O5S/c1-3-43-22-14-12-21(13-15-22)34-28(40)25-26-30(42)37(18-8-4-5-9-19-39)27(32(26)17-16-31(25,2)44-32)29(41)33-20-38-24-11-7-6-10-23(24)35-36-38/h6-7,10-15,25-27,39H,3-5,8-9,16-20H2,1-2H3,(H,33,41)(H,34,40)/t25-,26-,27?,31+,32?/m0/s1. The van der Waals surface area contributed by atoms with Crippen LogP contribution in [0.3, 0.4) is 0 Å². The maximum Gasteiger partial charge on any atom is 0.245 e. The number of thioether (sulfide) groups is 1. The van der Waals surface area contributed by atoms with Gasteiger partial charge in [-0.2, -0.15) is 0 Å². The molecule has 11 nitrogen and oxygen atoms in total. The number of aliphatic hydroxyl groups excluding tert-OH is 1. The van der Waals surface area contributed by atoms with Crippen LogP contribution in [0.25, 0.3) is 11.0 Å². The van der Waals surface area contributed by atoms with Crippen molar-refractivity contribution in [2.24, 2.45) is 11.8 Å². The third kappa shape index (κ3) is 5.32. The van der Waals surface area contributed by atoms with Gasteiger partial charge >= 0.3 is 0 Å². The maximum atomic E-state index is 14.3. The van der Waals surface area contributed by atoms with Crippen LogP contribution in [0.2, 0.25) is 0 Å². The number of carbonyl (C=O) groups excluding carboxylic acids is 3. The zero-order chi connectivity index (χ0) is 30.9. The predicted molar refractivity (Wildman–Crippen MR) is 168 cm³/mol. The van der Waals surface area contributed by atoms with E-state index in [0.29, 0.717) is 31.7 Å². The lowest BCUT2D eigenvalue weighted by Gasteiger charge is -2.34. The summed E-state index contributed by atoms with van der Waals surface area (Å²) in [5.74, 6) is -1.01. The number of fused-ring (bicyclic) bond motifs is 2. The number of hydrogen-bond acceptors (Lipinski definition) is 8. The number of aliphatic hydroxyl groups is 1. The summed E-state index contributed by atoms with van der Waals surface area (Å²) in [5.41, 5.74) is 2.19. The molecule has 0 saturated carbocycles. The van der Waals surface area contributed by atoms with E-state index in [4.69, 9.17) is 4.74 Å². The molecule has 234 valence electrons. The first-order chi connectivity index (χ1) is 21.3. The van der Waals surface area contributed by atoms with Gasteiger partial charge in [-0.15, -0.1) is 16.9 Å². The first-order valence-corrected chi connectivity index (χ1v) is 16.3. The summed E-state index contributed by atoms with van der Waals surface area (Å²) in [6, 6.07) is 14.1. The number of benzene rings is 2. The van der Waals surface area contributed by atoms with E-state index in [9.17, 15) is 19.5 Å². The molecular weight excluding hydrogens is 580 g/mol. The van der Waals surface area contributed by atoms with Gasteiger partial charge in [0.15, 0.2) is 0 Å². The molecule has 3 aliphatic rings. The van der Waals surface area contributed by atoms with Crippen molar-refractivity contribution in [3.8, 4) is 5.75 Å². The number of hydrogen-bond donors (Lipinski definition) is 3. The topological polar surface area (TPSA) is 139 Å². The molecule has 2 aromatic carbocycles. The monoisotopic (exact) mass is 620 g/mol. The Morgan fingerprint density at radius 2 is 1.84 bits per heavy atom. The van der Waals surface area contributed by atoms with Crippen molar-refractivity contribution >= 4 is 46.2 Å². The maximum absolute atomic E-state index is 14.3. The minimum Gasteiger partial charge on any atom is -0.494 e. The van der Waals surface area contributed by atoms with Crippen LogP contribution >= 0.6 is 11.8 Å². The van der Waals surface area contributed by atoms with Gasteiger partial charge in [0.25, 0.3) is 0 Å². The summed E-state index contributed by atoms with van der Waals surface area (Å²) in [7, 11) is 0. The SMILES string of the molecule is CCOc1ccc(NC(=O)[C@@H]2[C@H]3C(=O)N(CCCCCCO)C(C(=O)NCn4nnc5ccccc54)C34CC[C@@]2(C)S4)cc1. The van der Waals surface area contributed by atoms with Gasteiger partial charge < -0.3 is 25.4 Å². The quantitative estimate of drug-likeness (QED) is 0.247. The Labute approximate surface area is 261 Å². The summed E-state index contributed by atoms with van der Waals surface area (Å²) in [4.78, 5) is 44.1. The van der Waals surface area contributed by atoms with Crippen molar-refractivity contribution in [2.75, 3.05) is 25.1 Å². The van der Waals surface area contributed by atoms with Gasteiger partial charge in [0.1, 0.15) is 24.0 Å². The van der Waals surface area contributed by atoms with Gasteiger partial charge in [-0.3, -0.25) is 14.4 Å². The van der Waals surface area contributed by atoms with Crippen molar-refractivity contribution in [1.82, 2.24) is 25.2 Å². The van der Waals surface area contributed by atoms with Gasteiger partial charge in [-0.25, -0.2) is 4.68 Å². The zero-order valence-corrected chi connectivity index (χ0v) is 26.0. The largest absolute Gasteiger partial charge is 0.494 e. The Morgan fingerprint density at radius 3 is 2.61 bits per heavy atom. The fourth-order valence-electron chi connectivity index (χ4n) is 7.42. The summed E-state index contributed by atoms with van der Waals surface area (Å²) in [6.07, 6.45) is 4.54. The molecule has 0 radical (unpaired) electrons. The molecule has 3 aliphatic heterocycles. The predicted octanol–water partition coefficient (Wildman–Crippen LogP) is 3.58. The highest BCUT2D eigenvalue weighted by Crippen LogP contribution is 2.71. The van der Waals surface area contributed by atoms with Crippen molar-refractivity contribution in [1.29, 1.82) is 0 Å². The molecular formula is C32H40N6O5S. The van der Waals surface area contributed by atoms with Crippen LogP contribution in [0.1, 0.15) is 52.4 Å². The number of likely N-dealkylation sites (tertiary alicyclic amines) is 1. The lowest BCUT2D eigenvalue weighted by Crippen LogP contribution is -2.54. The molecule has 1 aromatic heterocycles. The van der Waals surface area contributed by atoms with E-state index in [1.54, 1.807) is 33.5 Å². The highest BCUT2D eigenvalue weighted by Gasteiger charge is 2.77. The van der Waals surface area contributed by atoms with E-state index in [1.165, 1.54) is 0 Å². The molecule has 3 aromatic rings. The molecule has 6 rings (SSSR count). The fraction of sp³-hybridized carbons (Fsp3) is 0.531. The van der Waals surface area contributed by atoms with E-state index in [0.717, 1.165) is 42.5 Å². The molecule has 3 fully saturated rings. The van der Waals surface area contributed by atoms with Crippen LogP contribution in [-0.4, -0.2) is 78.0 Å². The molecule has 3 N–H and O–H groups in total. The number of rotatable bonds is 13. The highest BCUT2D eigenvalue weighted by molar-refractivity contribution is 8.02. The fourth-order valence-corrected chi connectivity index (χ4v) is 9.78. The molecule has 0 aliphatic carbocycles. The van der Waals surface area contributed by atoms with Crippen LogP contribution in [0.5, 0.6) is 5.75 Å². The Hall–Kier alpha value is -3.64. The first-order valence-electron chi connectivity index (χ1n) is 15.5. The summed E-state index contributed by atoms with van der Waals surface area (Å²) < 4.78 is 6.00. The average molecular weight is 621 g/mol. The minimum absolute atomic E-state index is 0.124. The molecule has 2 unspecified atom stereocenters. The summed E-state index contributed by atoms with van der Waals surface area (Å²) in [5, 5.41) is 23.7. The molecule has 2 bridgehead atoms. The van der Waals surface area contributed by atoms with Gasteiger partial charge in [0, 0.05) is 23.6 Å². The minimum atomic E-state index is -0.706. The average Bonchev–Trinajstić information content (AvgIpc) is 3.72. The number of amides is 3. The smallest absolute Gasteiger partial charge is 0.245 e. The van der Waals surface area contributed by atoms with Crippen LogP contribution in [0.15, 0.2) is 48.5 Å². The van der Waals surface area contributed by atoms with Gasteiger partial charge in [-0.1, -0.05) is 30.2 Å². The lowest BCUT2D eigenvalue weighted by molar-refractivity contribution is -0.139. The molecule has 12 heteroatoms. The summed E-state index contributed by atoms with van der Waals surface area (Å²) >= 11 is 1.65. The third-order valence-corrected chi connectivity index (χ3v) is 11.4. The Bertz CT molecular complexity index is 1530. The second kappa shape index (κ2) is 12.4. The second-order valence-electron chi connectivity index (χ2n) is 12.1. The van der Waals surface area contributed by atoms with E-state index < -0.39 is 27.4 Å². The van der Waals surface area contributed by atoms with Crippen molar-refractivity contribution in [2.45, 2.75) is 74.6 Å². The molecule has 3 saturated heterocycles. The van der Waals surface area contributed by atoms with Crippen LogP contribution in [0, 0.1) is 11.8 Å². The van der Waals surface area contributed by atoms with E-state index in [1.807, 2.05) is 43.3 Å². The molecule has 3 amide bonds. The number of unbranched alkanes of at least 4 members (excludes halogenated alkanes) is 3. The molecule has 5 atom stereocenters. The van der Waals surface area contributed by atoms with E-state index in [2.05, 4.69) is 27.9 Å². The third-order valence-electron chi connectivity index (χ3n) is 9.37. The number of nitrogens with zero attached hydrogens (tertiary/aromatic N) is 4. The number of carbonyl (C=O) groups is 3. The Morgan fingerprint density at radius 1 is 1.07 bits per heavy atom. The lowest BCUT2D eigenvalue weighted by atomic mass is 9.66. The van der Waals surface area contributed by atoms with Crippen molar-refractivity contribution in [3.05, 3.63) is 48.5 Å². The molecule has 1 spiro atoms. The second-order valence-corrected chi connectivity index (χ2v) is 14.0. The number of ether oxygens (including phenoxy) is 1. The van der Waals surface area contributed by atoms with Crippen molar-refractivity contribution in [3.63, 3.8) is 0 Å². The van der Waals surface area contributed by atoms with Crippen LogP contribution < -0.4 is 15.4 Å². The number of aromatic nitrogens is 3. The first kappa shape index (κ1) is 30.4. The number of nitrogens with one attached hydrogen (secondary N) is 2. The van der Waals surface area contributed by atoms with Crippen LogP contribution in [0.4, 0.5) is 5.69 Å². The normalized spacial score (nSPS) is 27.1. The number of para-hydroxylation sites is 1. The van der Waals surface area contributed by atoms with Gasteiger partial charge in [0.05, 0.1) is 28.7 Å². The van der Waals surface area contributed by atoms with Crippen molar-refractivity contribution < 1.29 is 24.2 Å². The molecule has 4 heterocycles. The summed E-state index contributed by atoms with van der Waals surface area (Å²) in [6.45, 7) is 5.22. The van der Waals surface area contributed by atoms with Gasteiger partial charge in [0.2, 0.25) is 17.7 Å². The van der Waals surface area contributed by atoms with Crippen LogP contribution in [-0.2, 0) is 21.1 Å². The zero-order valence-electron chi connectivity index (χ0n) is 25.2. The highest BCUT2D eigenvalue weighted by atomic mass is 32.2. The molecule has 44 heavy (non-hydrogen) atoms. The Balaban J connectivity index is 1.25. The number of anilines is 1. The van der Waals surface area contributed by atoms with E-state index in [-0.39, 0.29) is 31.0 Å². The van der Waals surface area contributed by atoms with E-state index >= 15 is 0 Å². The Kier molecular flexibility index (Phi) is 8.56.